The van der Waals surface area contributed by atoms with Crippen LogP contribution >= 0.6 is 11.6 Å². The van der Waals surface area contributed by atoms with Crippen molar-refractivity contribution in [3.05, 3.63) is 28.8 Å². The summed E-state index contributed by atoms with van der Waals surface area (Å²) in [5.41, 5.74) is 6.72. The minimum atomic E-state index is -3.29. The van der Waals surface area contributed by atoms with Gasteiger partial charge in [0.25, 0.3) is 0 Å². The summed E-state index contributed by atoms with van der Waals surface area (Å²) in [6.45, 7) is 1.92. The molecule has 3 N–H and O–H groups in total. The van der Waals surface area contributed by atoms with Crippen LogP contribution in [0.15, 0.2) is 28.1 Å². The van der Waals surface area contributed by atoms with Crippen molar-refractivity contribution in [1.82, 2.24) is 5.32 Å². The van der Waals surface area contributed by atoms with Crippen LogP contribution in [0.2, 0.25) is 5.02 Å². The smallest absolute Gasteiger partial charge is 0.189 e. The minimum Gasteiger partial charge on any atom is -0.370 e. The molecule has 0 bridgehead atoms. The summed E-state index contributed by atoms with van der Waals surface area (Å²) in [5.74, 6) is 0.448. The lowest BCUT2D eigenvalue weighted by molar-refractivity contribution is 0.530. The highest BCUT2D eigenvalue weighted by atomic mass is 35.5. The van der Waals surface area contributed by atoms with Crippen molar-refractivity contribution in [3.63, 3.8) is 0 Å². The number of guanidine groups is 1. The van der Waals surface area contributed by atoms with Gasteiger partial charge in [0.2, 0.25) is 0 Å². The van der Waals surface area contributed by atoms with Gasteiger partial charge in [-0.2, -0.15) is 0 Å². The molecule has 1 aromatic carbocycles. The van der Waals surface area contributed by atoms with Gasteiger partial charge < -0.3 is 11.1 Å². The maximum absolute atomic E-state index is 12.0. The average molecular weight is 372 g/mol. The van der Waals surface area contributed by atoms with E-state index in [-0.39, 0.29) is 10.6 Å². The number of nitrogens with one attached hydrogen (secondary N) is 1. The summed E-state index contributed by atoms with van der Waals surface area (Å²) in [5, 5.41) is 3.67. The fraction of sp³-hybridized carbons (Fsp3) is 0.588. The van der Waals surface area contributed by atoms with Crippen LogP contribution in [0.25, 0.3) is 0 Å². The first kappa shape index (κ1) is 19.1. The average Bonchev–Trinajstić information content (AvgIpc) is 2.81. The Morgan fingerprint density at radius 3 is 2.54 bits per heavy atom. The van der Waals surface area contributed by atoms with Gasteiger partial charge in [-0.15, -0.1) is 0 Å². The summed E-state index contributed by atoms with van der Waals surface area (Å²) in [4.78, 5) is 4.57. The predicted octanol–water partition coefficient (Wildman–Crippen LogP) is 3.26. The number of aliphatic imine (C=N–C) groups is 1. The maximum atomic E-state index is 12.0. The summed E-state index contributed by atoms with van der Waals surface area (Å²) in [6, 6.07) is 5.19. The van der Waals surface area contributed by atoms with E-state index in [0.29, 0.717) is 23.6 Å². The summed E-state index contributed by atoms with van der Waals surface area (Å²) in [7, 11) is -3.29. The highest BCUT2D eigenvalue weighted by Gasteiger charge is 2.14. The molecule has 1 aliphatic carbocycles. The zero-order valence-corrected chi connectivity index (χ0v) is 15.7. The lowest BCUT2D eigenvalue weighted by Gasteiger charge is -2.16. The van der Waals surface area contributed by atoms with Crippen molar-refractivity contribution < 1.29 is 8.42 Å². The quantitative estimate of drug-likeness (QED) is 0.472. The Kier molecular flexibility index (Phi) is 6.92. The molecule has 1 saturated carbocycles. The van der Waals surface area contributed by atoms with E-state index in [1.54, 1.807) is 19.1 Å². The van der Waals surface area contributed by atoms with E-state index in [0.717, 1.165) is 18.4 Å². The van der Waals surface area contributed by atoms with E-state index in [4.69, 9.17) is 17.3 Å². The van der Waals surface area contributed by atoms with Gasteiger partial charge >= 0.3 is 0 Å². The molecule has 24 heavy (non-hydrogen) atoms. The molecule has 0 aromatic heterocycles. The molecule has 0 saturated heterocycles. The number of nitrogens with two attached hydrogens (primary N) is 1. The maximum Gasteiger partial charge on any atom is 0.189 e. The normalized spacial score (nSPS) is 17.5. The molecule has 134 valence electrons. The molecule has 7 heteroatoms. The van der Waals surface area contributed by atoms with Crippen LogP contribution in [0.5, 0.6) is 0 Å². The molecule has 0 unspecified atom stereocenters. The standard InChI is InChI=1S/C17H26ClN3O2S/c1-2-24(22,23)16-10-13(9-14(18)11-16)12-20-17(19)21-15-7-5-3-4-6-8-15/h9-11,15H,2-8,12H2,1H3,(H3,19,20,21). The second-order valence-corrected chi connectivity index (χ2v) is 8.95. The number of sulfone groups is 1. The van der Waals surface area contributed by atoms with Crippen LogP contribution in [0, 0.1) is 0 Å². The molecule has 0 spiro atoms. The first-order valence-corrected chi connectivity index (χ1v) is 10.5. The number of nitrogens with zero attached hydrogens (tertiary/aromatic N) is 1. The first-order valence-electron chi connectivity index (χ1n) is 8.49. The second kappa shape index (κ2) is 8.72. The van der Waals surface area contributed by atoms with Crippen LogP contribution < -0.4 is 11.1 Å². The third-order valence-corrected chi connectivity index (χ3v) is 6.24. The Labute approximate surface area is 149 Å². The third-order valence-electron chi connectivity index (χ3n) is 4.31. The van der Waals surface area contributed by atoms with Crippen LogP contribution in [0.1, 0.15) is 51.0 Å². The lowest BCUT2D eigenvalue weighted by Crippen LogP contribution is -2.39. The van der Waals surface area contributed by atoms with Gasteiger partial charge in [0, 0.05) is 11.1 Å². The van der Waals surface area contributed by atoms with Gasteiger partial charge in [0.15, 0.2) is 15.8 Å². The molecule has 1 aliphatic rings. The fourth-order valence-electron chi connectivity index (χ4n) is 2.91. The monoisotopic (exact) mass is 371 g/mol. The number of benzene rings is 1. The van der Waals surface area contributed by atoms with Crippen molar-refractivity contribution in [2.24, 2.45) is 10.7 Å². The first-order chi connectivity index (χ1) is 11.4. The zero-order valence-electron chi connectivity index (χ0n) is 14.1. The Hall–Kier alpha value is -1.27. The Morgan fingerprint density at radius 2 is 1.92 bits per heavy atom. The van der Waals surface area contributed by atoms with Gasteiger partial charge in [0.1, 0.15) is 0 Å². The van der Waals surface area contributed by atoms with E-state index in [1.165, 1.54) is 31.7 Å². The molecule has 0 radical (unpaired) electrons. The Balaban J connectivity index is 2.04. The van der Waals surface area contributed by atoms with E-state index >= 15 is 0 Å². The Morgan fingerprint density at radius 1 is 1.25 bits per heavy atom. The van der Waals surface area contributed by atoms with Crippen molar-refractivity contribution in [3.8, 4) is 0 Å². The highest BCUT2D eigenvalue weighted by molar-refractivity contribution is 7.91. The Bertz CT molecular complexity index is 681. The van der Waals surface area contributed by atoms with E-state index in [2.05, 4.69) is 10.3 Å². The van der Waals surface area contributed by atoms with E-state index < -0.39 is 9.84 Å². The van der Waals surface area contributed by atoms with Crippen molar-refractivity contribution >= 4 is 27.4 Å². The number of hydrogen-bond acceptors (Lipinski definition) is 3. The fourth-order valence-corrected chi connectivity index (χ4v) is 4.21. The third kappa shape index (κ3) is 5.67. The molecular formula is C17H26ClN3O2S. The summed E-state index contributed by atoms with van der Waals surface area (Å²) < 4.78 is 24.0. The summed E-state index contributed by atoms with van der Waals surface area (Å²) >= 11 is 6.04. The zero-order chi connectivity index (χ0) is 17.6. The topological polar surface area (TPSA) is 84.5 Å². The van der Waals surface area contributed by atoms with Crippen LogP contribution in [0.4, 0.5) is 0 Å². The van der Waals surface area contributed by atoms with Gasteiger partial charge in [-0.05, 0) is 36.6 Å². The SMILES string of the molecule is CCS(=O)(=O)c1cc(Cl)cc(CN=C(N)NC2CCCCCC2)c1. The van der Waals surface area contributed by atoms with Crippen molar-refractivity contribution in [2.75, 3.05) is 5.75 Å². The molecule has 0 heterocycles. The number of hydrogen-bond donors (Lipinski definition) is 2. The number of rotatable bonds is 5. The van der Waals surface area contributed by atoms with E-state index in [1.807, 2.05) is 0 Å². The van der Waals surface area contributed by atoms with Gasteiger partial charge in [-0.1, -0.05) is 44.2 Å². The molecule has 1 aromatic rings. The summed E-state index contributed by atoms with van der Waals surface area (Å²) in [6.07, 6.45) is 7.24. The van der Waals surface area contributed by atoms with Crippen LogP contribution in [0.3, 0.4) is 0 Å². The molecule has 5 nitrogen and oxygen atoms in total. The van der Waals surface area contributed by atoms with Crippen LogP contribution in [-0.4, -0.2) is 26.2 Å². The van der Waals surface area contributed by atoms with Crippen molar-refractivity contribution in [2.45, 2.75) is 62.9 Å². The van der Waals surface area contributed by atoms with E-state index in [9.17, 15) is 8.42 Å². The number of halogens is 1. The van der Waals surface area contributed by atoms with Gasteiger partial charge in [-0.25, -0.2) is 13.4 Å². The van der Waals surface area contributed by atoms with Gasteiger partial charge in [-0.3, -0.25) is 0 Å². The van der Waals surface area contributed by atoms with Gasteiger partial charge in [0.05, 0.1) is 17.2 Å². The highest BCUT2D eigenvalue weighted by Crippen LogP contribution is 2.21. The largest absolute Gasteiger partial charge is 0.370 e. The lowest BCUT2D eigenvalue weighted by atomic mass is 10.1. The molecular weight excluding hydrogens is 346 g/mol. The molecule has 0 atom stereocenters. The molecule has 2 rings (SSSR count). The molecule has 0 amide bonds. The van der Waals surface area contributed by atoms with Crippen LogP contribution in [-0.2, 0) is 16.4 Å². The second-order valence-electron chi connectivity index (χ2n) is 6.23. The molecule has 1 fully saturated rings. The van der Waals surface area contributed by atoms with Crippen molar-refractivity contribution in [1.29, 1.82) is 0 Å². The predicted molar refractivity (Wildman–Crippen MR) is 99.1 cm³/mol. The minimum absolute atomic E-state index is 0.0431. The molecule has 0 aliphatic heterocycles.